The van der Waals surface area contributed by atoms with E-state index in [0.29, 0.717) is 24.9 Å². The number of imidazole rings is 1. The number of aliphatic carboxylic acids is 1. The summed E-state index contributed by atoms with van der Waals surface area (Å²) in [5.41, 5.74) is 4.71. The second-order valence-corrected chi connectivity index (χ2v) is 10.5. The molecule has 34 heavy (non-hydrogen) atoms. The van der Waals surface area contributed by atoms with Crippen molar-refractivity contribution in [2.45, 2.75) is 89.6 Å². The zero-order chi connectivity index (χ0) is 23.7. The predicted octanol–water partition coefficient (Wildman–Crippen LogP) is 5.49. The number of rotatable bonds is 5. The smallest absolute Gasteiger partial charge is 0.409 e. The molecule has 0 saturated heterocycles. The fourth-order valence-corrected chi connectivity index (χ4v) is 6.44. The Bertz CT molecular complexity index is 1050. The van der Waals surface area contributed by atoms with E-state index in [-0.39, 0.29) is 12.0 Å². The van der Waals surface area contributed by atoms with Gasteiger partial charge in [0.2, 0.25) is 0 Å². The van der Waals surface area contributed by atoms with Crippen LogP contribution in [0.3, 0.4) is 0 Å². The van der Waals surface area contributed by atoms with Gasteiger partial charge in [-0.2, -0.15) is 0 Å². The molecule has 3 aliphatic rings. The number of aromatic nitrogens is 2. The van der Waals surface area contributed by atoms with Crippen molar-refractivity contribution in [1.82, 2.24) is 14.5 Å². The largest absolute Gasteiger partial charge is 0.481 e. The first-order valence-electron chi connectivity index (χ1n) is 13.1. The molecule has 1 aliphatic heterocycles. The Morgan fingerprint density at radius 1 is 1.09 bits per heavy atom. The SMILES string of the molecule is COC(=O)N1CCc2ccc3c(nc(C4CCCCC4)n3CCC3CCC(C(=O)O)CC3)c2C1. The van der Waals surface area contributed by atoms with Gasteiger partial charge >= 0.3 is 12.1 Å². The summed E-state index contributed by atoms with van der Waals surface area (Å²) < 4.78 is 7.46. The number of methoxy groups -OCH3 is 1. The summed E-state index contributed by atoms with van der Waals surface area (Å²) in [7, 11) is 1.44. The molecule has 1 aromatic carbocycles. The average molecular weight is 468 g/mol. The minimum Gasteiger partial charge on any atom is -0.481 e. The zero-order valence-electron chi connectivity index (χ0n) is 20.3. The molecule has 2 heterocycles. The lowest BCUT2D eigenvalue weighted by Crippen LogP contribution is -2.35. The lowest BCUT2D eigenvalue weighted by atomic mass is 9.80. The summed E-state index contributed by atoms with van der Waals surface area (Å²) in [5, 5.41) is 9.32. The third-order valence-electron chi connectivity index (χ3n) is 8.51. The fourth-order valence-electron chi connectivity index (χ4n) is 6.44. The number of benzene rings is 1. The Hall–Kier alpha value is -2.57. The highest BCUT2D eigenvalue weighted by atomic mass is 16.5. The molecule has 7 nitrogen and oxygen atoms in total. The van der Waals surface area contributed by atoms with Crippen LogP contribution < -0.4 is 0 Å². The number of hydrogen-bond donors (Lipinski definition) is 1. The monoisotopic (exact) mass is 467 g/mol. The normalized spacial score (nSPS) is 23.6. The van der Waals surface area contributed by atoms with Crippen LogP contribution in [-0.2, 0) is 29.0 Å². The van der Waals surface area contributed by atoms with Gasteiger partial charge in [0, 0.05) is 24.6 Å². The van der Waals surface area contributed by atoms with Crippen molar-refractivity contribution in [3.63, 3.8) is 0 Å². The molecule has 184 valence electrons. The number of carboxylic acid groups (broad SMARTS) is 1. The fraction of sp³-hybridized carbons (Fsp3) is 0.667. The standard InChI is InChI=1S/C27H37N3O4/c1-34-27(33)29-15-14-19-11-12-23-24(22(19)17-29)28-25(20-5-3-2-4-6-20)30(23)16-13-18-7-9-21(10-8-18)26(31)32/h11-12,18,20-21H,2-10,13-17H2,1H3,(H,31,32). The molecule has 1 N–H and O–H groups in total. The number of carbonyl (C=O) groups excluding carboxylic acids is 1. The highest BCUT2D eigenvalue weighted by molar-refractivity contribution is 5.82. The summed E-state index contributed by atoms with van der Waals surface area (Å²) in [6.45, 7) is 2.17. The van der Waals surface area contributed by atoms with E-state index in [4.69, 9.17) is 9.72 Å². The first-order valence-corrected chi connectivity index (χ1v) is 13.1. The van der Waals surface area contributed by atoms with Gasteiger partial charge in [-0.05, 0) is 68.9 Å². The van der Waals surface area contributed by atoms with Gasteiger partial charge < -0.3 is 19.3 Å². The van der Waals surface area contributed by atoms with E-state index in [2.05, 4.69) is 16.7 Å². The average Bonchev–Trinajstić information content (AvgIpc) is 3.26. The second kappa shape index (κ2) is 9.96. The number of nitrogens with zero attached hydrogens (tertiary/aromatic N) is 3. The predicted molar refractivity (Wildman–Crippen MR) is 130 cm³/mol. The molecule has 2 aromatic rings. The number of aryl methyl sites for hydroxylation is 1. The van der Waals surface area contributed by atoms with Gasteiger partial charge in [-0.3, -0.25) is 4.79 Å². The number of amides is 1. The number of carbonyl (C=O) groups is 2. The van der Waals surface area contributed by atoms with Crippen LogP contribution in [0.2, 0.25) is 0 Å². The summed E-state index contributed by atoms with van der Waals surface area (Å²) in [5.74, 6) is 1.51. The molecule has 1 amide bonds. The number of carboxylic acids is 1. The Kier molecular flexibility index (Phi) is 6.79. The van der Waals surface area contributed by atoms with Crippen LogP contribution in [0.1, 0.15) is 87.1 Å². The Balaban J connectivity index is 1.43. The quantitative estimate of drug-likeness (QED) is 0.629. The summed E-state index contributed by atoms with van der Waals surface area (Å²) >= 11 is 0. The third kappa shape index (κ3) is 4.53. The molecule has 0 bridgehead atoms. The molecular weight excluding hydrogens is 430 g/mol. The molecule has 0 unspecified atom stereocenters. The molecule has 0 radical (unpaired) electrons. The van der Waals surface area contributed by atoms with E-state index in [9.17, 15) is 14.7 Å². The lowest BCUT2D eigenvalue weighted by molar-refractivity contribution is -0.143. The first kappa shape index (κ1) is 23.2. The van der Waals surface area contributed by atoms with Crippen molar-refractivity contribution in [3.8, 4) is 0 Å². The van der Waals surface area contributed by atoms with Gasteiger partial charge in [-0.25, -0.2) is 9.78 Å². The van der Waals surface area contributed by atoms with Crippen molar-refractivity contribution in [2.24, 2.45) is 11.8 Å². The molecule has 0 atom stereocenters. The minimum atomic E-state index is -0.635. The summed E-state index contributed by atoms with van der Waals surface area (Å²) in [6, 6.07) is 4.47. The molecule has 1 aromatic heterocycles. The van der Waals surface area contributed by atoms with E-state index in [0.717, 1.165) is 50.6 Å². The van der Waals surface area contributed by atoms with Crippen LogP contribution in [0, 0.1) is 11.8 Å². The number of ether oxygens (including phenoxy) is 1. The molecule has 2 fully saturated rings. The summed E-state index contributed by atoms with van der Waals surface area (Å²) in [4.78, 5) is 30.6. The van der Waals surface area contributed by atoms with Crippen molar-refractivity contribution in [1.29, 1.82) is 0 Å². The van der Waals surface area contributed by atoms with Crippen molar-refractivity contribution in [3.05, 3.63) is 29.1 Å². The highest BCUT2D eigenvalue weighted by Crippen LogP contribution is 2.37. The third-order valence-corrected chi connectivity index (χ3v) is 8.51. The van der Waals surface area contributed by atoms with E-state index in [1.807, 2.05) is 0 Å². The van der Waals surface area contributed by atoms with Crippen molar-refractivity contribution in [2.75, 3.05) is 13.7 Å². The van der Waals surface area contributed by atoms with E-state index >= 15 is 0 Å². The van der Waals surface area contributed by atoms with E-state index < -0.39 is 5.97 Å². The van der Waals surface area contributed by atoms with Gasteiger partial charge in [0.1, 0.15) is 5.82 Å². The van der Waals surface area contributed by atoms with Crippen LogP contribution in [0.25, 0.3) is 11.0 Å². The van der Waals surface area contributed by atoms with Crippen molar-refractivity contribution >= 4 is 23.1 Å². The molecular formula is C27H37N3O4. The minimum absolute atomic E-state index is 0.160. The summed E-state index contributed by atoms with van der Waals surface area (Å²) in [6.07, 6.45) is 11.5. The van der Waals surface area contributed by atoms with Crippen LogP contribution in [0.5, 0.6) is 0 Å². The maximum absolute atomic E-state index is 12.2. The zero-order valence-corrected chi connectivity index (χ0v) is 20.3. The molecule has 0 spiro atoms. The lowest BCUT2D eigenvalue weighted by Gasteiger charge is -2.28. The second-order valence-electron chi connectivity index (χ2n) is 10.5. The Morgan fingerprint density at radius 3 is 2.56 bits per heavy atom. The molecule has 5 rings (SSSR count). The van der Waals surface area contributed by atoms with Gasteiger partial charge in [-0.1, -0.05) is 25.3 Å². The molecule has 7 heteroatoms. The van der Waals surface area contributed by atoms with E-state index in [1.54, 1.807) is 4.90 Å². The maximum atomic E-state index is 12.2. The maximum Gasteiger partial charge on any atom is 0.409 e. The Morgan fingerprint density at radius 2 is 1.85 bits per heavy atom. The first-order chi connectivity index (χ1) is 16.5. The van der Waals surface area contributed by atoms with Crippen LogP contribution in [0.4, 0.5) is 4.79 Å². The Labute approximate surface area is 201 Å². The van der Waals surface area contributed by atoms with Gasteiger partial charge in [0.15, 0.2) is 0 Å². The van der Waals surface area contributed by atoms with Crippen LogP contribution in [-0.4, -0.2) is 45.3 Å². The van der Waals surface area contributed by atoms with E-state index in [1.165, 1.54) is 61.7 Å². The van der Waals surface area contributed by atoms with Gasteiger partial charge in [0.25, 0.3) is 0 Å². The molecule has 2 aliphatic carbocycles. The van der Waals surface area contributed by atoms with Gasteiger partial charge in [-0.15, -0.1) is 0 Å². The van der Waals surface area contributed by atoms with Crippen molar-refractivity contribution < 1.29 is 19.4 Å². The van der Waals surface area contributed by atoms with Crippen LogP contribution in [0.15, 0.2) is 12.1 Å². The molecule has 2 saturated carbocycles. The number of fused-ring (bicyclic) bond motifs is 3. The van der Waals surface area contributed by atoms with Crippen LogP contribution >= 0.6 is 0 Å². The topological polar surface area (TPSA) is 84.7 Å². The highest BCUT2D eigenvalue weighted by Gasteiger charge is 2.29. The van der Waals surface area contributed by atoms with Gasteiger partial charge in [0.05, 0.1) is 30.6 Å². The number of hydrogen-bond acceptors (Lipinski definition) is 4.